The number of nitrogens with two attached hydrogens (primary N) is 2. The number of carbonyl (C=O) groups excluding carboxylic acids is 4. The van der Waals surface area contributed by atoms with Crippen LogP contribution >= 0.6 is 0 Å². The standard InChI is InChI=1S/C18H24N4O5/c1-2-18(12-8-4-3-5-9-12)15(24)21-17(26)22(16(18)25)27-14(23)13(20)10-6-7-11-19/h3-5,8-9,13H,2,6-7,10-11,19-20H2,1H3,(H,21,24,26)/t13-,18+/m0/s1. The molecule has 2 rings (SSSR count). The van der Waals surface area contributed by atoms with Crippen molar-refractivity contribution >= 4 is 23.8 Å². The van der Waals surface area contributed by atoms with E-state index < -0.39 is 35.3 Å². The second-order valence-electron chi connectivity index (χ2n) is 6.28. The van der Waals surface area contributed by atoms with E-state index in [0.717, 1.165) is 0 Å². The van der Waals surface area contributed by atoms with Crippen LogP contribution in [0.1, 0.15) is 38.2 Å². The first-order chi connectivity index (χ1) is 12.9. The Bertz CT molecular complexity index is 724. The van der Waals surface area contributed by atoms with Gasteiger partial charge in [-0.2, -0.15) is 0 Å². The van der Waals surface area contributed by atoms with E-state index in [4.69, 9.17) is 16.3 Å². The molecule has 0 saturated carbocycles. The number of nitrogens with zero attached hydrogens (tertiary/aromatic N) is 1. The summed E-state index contributed by atoms with van der Waals surface area (Å²) in [6.45, 7) is 2.10. The van der Waals surface area contributed by atoms with Crippen molar-refractivity contribution in [3.63, 3.8) is 0 Å². The molecule has 1 aromatic carbocycles. The number of amides is 4. The molecule has 1 aliphatic rings. The lowest BCUT2D eigenvalue weighted by Crippen LogP contribution is -2.66. The molecular weight excluding hydrogens is 352 g/mol. The molecule has 2 atom stereocenters. The lowest BCUT2D eigenvalue weighted by atomic mass is 9.75. The minimum atomic E-state index is -1.67. The average molecular weight is 376 g/mol. The van der Waals surface area contributed by atoms with Crippen LogP contribution in [0.3, 0.4) is 0 Å². The molecule has 9 nitrogen and oxygen atoms in total. The minimum absolute atomic E-state index is 0.0750. The van der Waals surface area contributed by atoms with Crippen molar-refractivity contribution in [2.45, 2.75) is 44.1 Å². The number of nitrogens with one attached hydrogen (secondary N) is 1. The fourth-order valence-corrected chi connectivity index (χ4v) is 2.98. The summed E-state index contributed by atoms with van der Waals surface area (Å²) in [6.07, 6.45) is 1.67. The van der Waals surface area contributed by atoms with Crippen LogP contribution < -0.4 is 16.8 Å². The molecule has 146 valence electrons. The van der Waals surface area contributed by atoms with Crippen molar-refractivity contribution in [3.05, 3.63) is 35.9 Å². The van der Waals surface area contributed by atoms with Gasteiger partial charge in [0.05, 0.1) is 0 Å². The molecule has 0 bridgehead atoms. The molecule has 9 heteroatoms. The van der Waals surface area contributed by atoms with E-state index in [-0.39, 0.29) is 6.42 Å². The maximum atomic E-state index is 13.0. The Balaban J connectivity index is 2.25. The molecule has 1 aromatic rings. The topological polar surface area (TPSA) is 145 Å². The number of rotatable bonds is 8. The Hall–Kier alpha value is -2.78. The summed E-state index contributed by atoms with van der Waals surface area (Å²) in [7, 11) is 0. The van der Waals surface area contributed by atoms with Gasteiger partial charge >= 0.3 is 12.0 Å². The maximum absolute atomic E-state index is 13.0. The van der Waals surface area contributed by atoms with Crippen molar-refractivity contribution < 1.29 is 24.0 Å². The highest BCUT2D eigenvalue weighted by Crippen LogP contribution is 2.33. The molecule has 1 fully saturated rings. The summed E-state index contributed by atoms with van der Waals surface area (Å²) in [6, 6.07) is 6.17. The van der Waals surface area contributed by atoms with Crippen LogP contribution in [0.15, 0.2) is 30.3 Å². The van der Waals surface area contributed by atoms with Gasteiger partial charge in [-0.3, -0.25) is 14.9 Å². The Morgan fingerprint density at radius 1 is 1.22 bits per heavy atom. The van der Waals surface area contributed by atoms with Crippen molar-refractivity contribution in [2.75, 3.05) is 6.54 Å². The van der Waals surface area contributed by atoms with Gasteiger partial charge in [-0.05, 0) is 31.4 Å². The van der Waals surface area contributed by atoms with E-state index in [9.17, 15) is 19.2 Å². The largest absolute Gasteiger partial charge is 0.365 e. The Morgan fingerprint density at radius 3 is 2.48 bits per heavy atom. The fraction of sp³-hybridized carbons (Fsp3) is 0.444. The molecule has 5 N–H and O–H groups in total. The monoisotopic (exact) mass is 376 g/mol. The van der Waals surface area contributed by atoms with Crippen LogP contribution in [0.2, 0.25) is 0 Å². The smallest absolute Gasteiger partial charge is 0.330 e. The number of imide groups is 2. The summed E-state index contributed by atoms with van der Waals surface area (Å²) >= 11 is 0. The van der Waals surface area contributed by atoms with Gasteiger partial charge in [-0.15, -0.1) is 0 Å². The highest BCUT2D eigenvalue weighted by Gasteiger charge is 2.55. The third-order valence-electron chi connectivity index (χ3n) is 4.59. The highest BCUT2D eigenvalue weighted by molar-refractivity contribution is 6.22. The zero-order valence-electron chi connectivity index (χ0n) is 15.1. The number of benzene rings is 1. The Kier molecular flexibility index (Phi) is 6.65. The summed E-state index contributed by atoms with van der Waals surface area (Å²) in [5.74, 6) is -2.61. The molecule has 0 spiro atoms. The van der Waals surface area contributed by atoms with E-state index in [1.165, 1.54) is 0 Å². The number of hydrogen-bond donors (Lipinski definition) is 3. The van der Waals surface area contributed by atoms with Crippen molar-refractivity contribution in [2.24, 2.45) is 11.5 Å². The van der Waals surface area contributed by atoms with Crippen LogP contribution in [0, 0.1) is 0 Å². The normalized spacial score (nSPS) is 21.0. The third kappa shape index (κ3) is 3.99. The van der Waals surface area contributed by atoms with E-state index >= 15 is 0 Å². The van der Waals surface area contributed by atoms with Crippen molar-refractivity contribution in [1.82, 2.24) is 10.4 Å². The molecule has 0 aliphatic carbocycles. The maximum Gasteiger partial charge on any atom is 0.365 e. The van der Waals surface area contributed by atoms with Gasteiger partial charge in [0.15, 0.2) is 5.41 Å². The molecule has 0 unspecified atom stereocenters. The van der Waals surface area contributed by atoms with Crippen LogP contribution in [-0.2, 0) is 24.6 Å². The first-order valence-corrected chi connectivity index (χ1v) is 8.81. The molecule has 0 radical (unpaired) electrons. The first kappa shape index (κ1) is 20.5. The summed E-state index contributed by atoms with van der Waals surface area (Å²) in [4.78, 5) is 54.8. The van der Waals surface area contributed by atoms with Gasteiger partial charge in [0.25, 0.3) is 5.91 Å². The SMILES string of the molecule is CC[C@@]1(c2ccccc2)C(=O)NC(=O)N(OC(=O)[C@@H](N)CCCCN)C1=O. The van der Waals surface area contributed by atoms with Gasteiger partial charge in [0.1, 0.15) is 6.04 Å². The van der Waals surface area contributed by atoms with Crippen LogP contribution in [0.4, 0.5) is 4.79 Å². The lowest BCUT2D eigenvalue weighted by Gasteiger charge is -2.37. The number of urea groups is 1. The Morgan fingerprint density at radius 2 is 1.89 bits per heavy atom. The Labute approximate surface area is 157 Å². The minimum Gasteiger partial charge on any atom is -0.330 e. The quantitative estimate of drug-likeness (QED) is 0.438. The summed E-state index contributed by atoms with van der Waals surface area (Å²) in [5.41, 5.74) is 9.88. The second kappa shape index (κ2) is 8.74. The molecule has 1 heterocycles. The van der Waals surface area contributed by atoms with Crippen molar-refractivity contribution in [1.29, 1.82) is 0 Å². The fourth-order valence-electron chi connectivity index (χ4n) is 2.98. The first-order valence-electron chi connectivity index (χ1n) is 8.81. The number of barbiturate groups is 1. The van der Waals surface area contributed by atoms with Crippen LogP contribution in [-0.4, -0.2) is 41.5 Å². The van der Waals surface area contributed by atoms with Gasteiger partial charge in [-0.25, -0.2) is 9.59 Å². The molecule has 1 saturated heterocycles. The predicted octanol–water partition coefficient (Wildman–Crippen LogP) is 0.327. The lowest BCUT2D eigenvalue weighted by molar-refractivity contribution is -0.194. The second-order valence-corrected chi connectivity index (χ2v) is 6.28. The summed E-state index contributed by atoms with van der Waals surface area (Å²) in [5, 5.41) is 2.38. The van der Waals surface area contributed by atoms with E-state index in [1.807, 2.05) is 0 Å². The molecular formula is C18H24N4O5. The van der Waals surface area contributed by atoms with Gasteiger partial charge in [-0.1, -0.05) is 48.7 Å². The third-order valence-corrected chi connectivity index (χ3v) is 4.59. The van der Waals surface area contributed by atoms with E-state index in [1.54, 1.807) is 37.3 Å². The van der Waals surface area contributed by atoms with Crippen LogP contribution in [0.25, 0.3) is 0 Å². The number of unbranched alkanes of at least 4 members (excludes halogenated alkanes) is 1. The number of hydrogen-bond acceptors (Lipinski definition) is 7. The number of carbonyl (C=O) groups is 4. The molecule has 1 aliphatic heterocycles. The molecule has 4 amide bonds. The van der Waals surface area contributed by atoms with Crippen molar-refractivity contribution in [3.8, 4) is 0 Å². The zero-order valence-corrected chi connectivity index (χ0v) is 15.1. The van der Waals surface area contributed by atoms with Gasteiger partial charge in [0, 0.05) is 0 Å². The summed E-state index contributed by atoms with van der Waals surface area (Å²) < 4.78 is 0. The van der Waals surface area contributed by atoms with Crippen LogP contribution in [0.5, 0.6) is 0 Å². The van der Waals surface area contributed by atoms with Gasteiger partial charge < -0.3 is 16.3 Å². The van der Waals surface area contributed by atoms with Gasteiger partial charge in [0.2, 0.25) is 5.91 Å². The average Bonchev–Trinajstić information content (AvgIpc) is 2.66. The van der Waals surface area contributed by atoms with E-state index in [0.29, 0.717) is 36.4 Å². The molecule has 27 heavy (non-hydrogen) atoms. The molecule has 0 aromatic heterocycles. The zero-order chi connectivity index (χ0) is 20.0. The predicted molar refractivity (Wildman–Crippen MR) is 95.8 cm³/mol. The highest BCUT2D eigenvalue weighted by atomic mass is 16.7. The number of hydroxylamine groups is 2. The van der Waals surface area contributed by atoms with E-state index in [2.05, 4.69) is 5.32 Å².